The molecule has 2 aromatic carbocycles. The quantitative estimate of drug-likeness (QED) is 0.561. The number of hydrogen-bond donors (Lipinski definition) is 2. The lowest BCUT2D eigenvalue weighted by atomic mass is 10.1. The SMILES string of the molecule is O=C(NCCc1csc(-c2ccc(C(F)(F)F)cc2)n1)C(=O)Nc1ccc2c(c1)OCO2. The van der Waals surface area contributed by atoms with Crippen molar-refractivity contribution < 1.29 is 32.2 Å². The summed E-state index contributed by atoms with van der Waals surface area (Å²) in [5.41, 5.74) is 0.901. The van der Waals surface area contributed by atoms with Crippen molar-refractivity contribution in [2.24, 2.45) is 0 Å². The van der Waals surface area contributed by atoms with Crippen LogP contribution in [0.3, 0.4) is 0 Å². The van der Waals surface area contributed by atoms with Crippen molar-refractivity contribution in [2.75, 3.05) is 18.7 Å². The van der Waals surface area contributed by atoms with Crippen molar-refractivity contribution in [1.29, 1.82) is 0 Å². The molecule has 11 heteroatoms. The second-order valence-electron chi connectivity index (χ2n) is 6.75. The van der Waals surface area contributed by atoms with Crippen LogP contribution in [0.4, 0.5) is 18.9 Å². The summed E-state index contributed by atoms with van der Waals surface area (Å²) >= 11 is 1.29. The number of benzene rings is 2. The first kappa shape index (κ1) is 21.6. The molecular weight excluding hydrogens is 447 g/mol. The number of amides is 2. The Hall–Kier alpha value is -3.60. The molecule has 2 N–H and O–H groups in total. The summed E-state index contributed by atoms with van der Waals surface area (Å²) in [5.74, 6) is -0.588. The minimum atomic E-state index is -4.39. The molecule has 166 valence electrons. The molecule has 2 amide bonds. The monoisotopic (exact) mass is 463 g/mol. The lowest BCUT2D eigenvalue weighted by Crippen LogP contribution is -2.36. The number of aromatic nitrogens is 1. The number of nitrogens with one attached hydrogen (secondary N) is 2. The third-order valence-corrected chi connectivity index (χ3v) is 5.45. The van der Waals surface area contributed by atoms with Crippen LogP contribution in [0.5, 0.6) is 11.5 Å². The molecule has 0 saturated heterocycles. The van der Waals surface area contributed by atoms with Crippen LogP contribution in [-0.2, 0) is 22.2 Å². The summed E-state index contributed by atoms with van der Waals surface area (Å²) in [6.45, 7) is 0.272. The second kappa shape index (κ2) is 8.87. The molecule has 2 heterocycles. The molecule has 0 spiro atoms. The smallest absolute Gasteiger partial charge is 0.416 e. The number of rotatable bonds is 5. The van der Waals surface area contributed by atoms with Crippen molar-refractivity contribution in [3.05, 3.63) is 59.1 Å². The molecule has 32 heavy (non-hydrogen) atoms. The number of halogens is 3. The highest BCUT2D eigenvalue weighted by Gasteiger charge is 2.30. The number of nitrogens with zero attached hydrogens (tertiary/aromatic N) is 1. The summed E-state index contributed by atoms with van der Waals surface area (Å²) in [6.07, 6.45) is -4.03. The molecule has 1 aliphatic rings. The van der Waals surface area contributed by atoms with Crippen LogP contribution in [-0.4, -0.2) is 30.1 Å². The van der Waals surface area contributed by atoms with Crippen LogP contribution in [0.15, 0.2) is 47.8 Å². The van der Waals surface area contributed by atoms with Crippen LogP contribution < -0.4 is 20.1 Å². The largest absolute Gasteiger partial charge is 0.454 e. The standard InChI is InChI=1S/C21H16F3N3O4S/c22-21(23,24)13-3-1-12(2-4-13)20-27-15(10-32-20)7-8-25-18(28)19(29)26-14-5-6-16-17(9-14)31-11-30-16/h1-6,9-10H,7-8,11H2,(H,25,28)(H,26,29). The Kier molecular flexibility index (Phi) is 5.99. The molecule has 0 aliphatic carbocycles. The molecule has 0 bridgehead atoms. The van der Waals surface area contributed by atoms with Crippen molar-refractivity contribution in [3.8, 4) is 22.1 Å². The predicted molar refractivity (Wildman–Crippen MR) is 110 cm³/mol. The highest BCUT2D eigenvalue weighted by molar-refractivity contribution is 7.13. The number of hydrogen-bond acceptors (Lipinski definition) is 6. The van der Waals surface area contributed by atoms with Crippen molar-refractivity contribution in [3.63, 3.8) is 0 Å². The molecule has 0 fully saturated rings. The van der Waals surface area contributed by atoms with Gasteiger partial charge in [-0.25, -0.2) is 4.98 Å². The van der Waals surface area contributed by atoms with E-state index in [9.17, 15) is 22.8 Å². The number of carbonyl (C=O) groups is 2. The maximum atomic E-state index is 12.7. The van der Waals surface area contributed by atoms with Crippen LogP contribution >= 0.6 is 11.3 Å². The molecular formula is C21H16F3N3O4S. The summed E-state index contributed by atoms with van der Waals surface area (Å²) in [7, 11) is 0. The topological polar surface area (TPSA) is 89.6 Å². The molecule has 3 aromatic rings. The first-order valence-electron chi connectivity index (χ1n) is 9.40. The van der Waals surface area contributed by atoms with Gasteiger partial charge in [-0.3, -0.25) is 9.59 Å². The first-order valence-corrected chi connectivity index (χ1v) is 10.3. The normalized spacial score (nSPS) is 12.5. The Morgan fingerprint density at radius 2 is 1.78 bits per heavy atom. The van der Waals surface area contributed by atoms with Crippen LogP contribution in [0, 0.1) is 0 Å². The Morgan fingerprint density at radius 3 is 2.53 bits per heavy atom. The van der Waals surface area contributed by atoms with Gasteiger partial charge in [0, 0.05) is 35.7 Å². The van der Waals surface area contributed by atoms with Crippen LogP contribution in [0.2, 0.25) is 0 Å². The Morgan fingerprint density at radius 1 is 1.03 bits per heavy atom. The molecule has 4 rings (SSSR count). The first-order chi connectivity index (χ1) is 15.3. The van der Waals surface area contributed by atoms with Gasteiger partial charge >= 0.3 is 18.0 Å². The number of thiazole rings is 1. The van der Waals surface area contributed by atoms with E-state index in [1.807, 2.05) is 0 Å². The number of anilines is 1. The zero-order chi connectivity index (χ0) is 22.7. The van der Waals surface area contributed by atoms with E-state index in [1.54, 1.807) is 23.6 Å². The van der Waals surface area contributed by atoms with Crippen LogP contribution in [0.1, 0.15) is 11.3 Å². The lowest BCUT2D eigenvalue weighted by Gasteiger charge is -2.07. The lowest BCUT2D eigenvalue weighted by molar-refractivity contribution is -0.137. The molecule has 1 aliphatic heterocycles. The van der Waals surface area contributed by atoms with E-state index in [2.05, 4.69) is 15.6 Å². The molecule has 0 saturated carbocycles. The molecule has 0 unspecified atom stereocenters. The number of alkyl halides is 3. The minimum Gasteiger partial charge on any atom is -0.454 e. The highest BCUT2D eigenvalue weighted by Crippen LogP contribution is 2.34. The fourth-order valence-electron chi connectivity index (χ4n) is 2.90. The van der Waals surface area contributed by atoms with Crippen molar-refractivity contribution >= 4 is 28.8 Å². The van der Waals surface area contributed by atoms with Gasteiger partial charge in [0.05, 0.1) is 11.3 Å². The third-order valence-electron chi connectivity index (χ3n) is 4.51. The Bertz CT molecular complexity index is 1150. The summed E-state index contributed by atoms with van der Waals surface area (Å²) in [5, 5.41) is 7.32. The highest BCUT2D eigenvalue weighted by atomic mass is 32.1. The number of fused-ring (bicyclic) bond motifs is 1. The van der Waals surface area contributed by atoms with Gasteiger partial charge in [0.25, 0.3) is 0 Å². The average Bonchev–Trinajstić information content (AvgIpc) is 3.42. The van der Waals surface area contributed by atoms with Gasteiger partial charge in [0.2, 0.25) is 6.79 Å². The van der Waals surface area contributed by atoms with Gasteiger partial charge in [0.15, 0.2) is 11.5 Å². The maximum absolute atomic E-state index is 12.7. The van der Waals surface area contributed by atoms with Gasteiger partial charge in [0.1, 0.15) is 5.01 Å². The molecule has 1 aromatic heterocycles. The molecule has 0 atom stereocenters. The van der Waals surface area contributed by atoms with E-state index < -0.39 is 23.6 Å². The Labute approximate surface area is 184 Å². The zero-order valence-corrected chi connectivity index (χ0v) is 17.2. The second-order valence-corrected chi connectivity index (χ2v) is 7.61. The summed E-state index contributed by atoms with van der Waals surface area (Å²) in [6, 6.07) is 9.54. The maximum Gasteiger partial charge on any atom is 0.416 e. The van der Waals surface area contributed by atoms with Crippen LogP contribution in [0.25, 0.3) is 10.6 Å². The summed E-state index contributed by atoms with van der Waals surface area (Å²) < 4.78 is 48.4. The van der Waals surface area contributed by atoms with Crippen molar-refractivity contribution in [1.82, 2.24) is 10.3 Å². The van der Waals surface area contributed by atoms with Gasteiger partial charge in [-0.2, -0.15) is 13.2 Å². The summed E-state index contributed by atoms with van der Waals surface area (Å²) in [4.78, 5) is 28.5. The molecule has 7 nitrogen and oxygen atoms in total. The van der Waals surface area contributed by atoms with E-state index in [0.29, 0.717) is 39.9 Å². The number of ether oxygens (including phenoxy) is 2. The van der Waals surface area contributed by atoms with Gasteiger partial charge < -0.3 is 20.1 Å². The van der Waals surface area contributed by atoms with E-state index in [4.69, 9.17) is 9.47 Å². The van der Waals surface area contributed by atoms with E-state index in [-0.39, 0.29) is 13.3 Å². The predicted octanol–water partition coefficient (Wildman–Crippen LogP) is 3.86. The fourth-order valence-corrected chi connectivity index (χ4v) is 3.76. The van der Waals surface area contributed by atoms with E-state index in [1.165, 1.54) is 23.5 Å². The van der Waals surface area contributed by atoms with Crippen molar-refractivity contribution in [2.45, 2.75) is 12.6 Å². The Balaban J connectivity index is 1.27. The average molecular weight is 463 g/mol. The van der Waals surface area contributed by atoms with E-state index in [0.717, 1.165) is 12.1 Å². The number of carbonyl (C=O) groups excluding carboxylic acids is 2. The zero-order valence-electron chi connectivity index (χ0n) is 16.4. The van der Waals surface area contributed by atoms with Gasteiger partial charge in [-0.1, -0.05) is 12.1 Å². The molecule has 0 radical (unpaired) electrons. The van der Waals surface area contributed by atoms with E-state index >= 15 is 0 Å². The van der Waals surface area contributed by atoms with Gasteiger partial charge in [-0.15, -0.1) is 11.3 Å². The fraction of sp³-hybridized carbons (Fsp3) is 0.190. The minimum absolute atomic E-state index is 0.102. The van der Waals surface area contributed by atoms with Gasteiger partial charge in [-0.05, 0) is 24.3 Å². The third kappa shape index (κ3) is 4.99.